The largest absolute Gasteiger partial charge is 0.299 e. The lowest BCUT2D eigenvalue weighted by Gasteiger charge is -2.60. The maximum absolute atomic E-state index is 13.3. The number of fused-ring (bicyclic) bond motifs is 5. The topological polar surface area (TPSA) is 17.1 Å². The number of carbonyl (C=O) groups is 1. The summed E-state index contributed by atoms with van der Waals surface area (Å²) in [6.07, 6.45) is 7.88. The van der Waals surface area contributed by atoms with Crippen molar-refractivity contribution in [3.05, 3.63) is 24.3 Å². The highest BCUT2D eigenvalue weighted by molar-refractivity contribution is 5.84. The molecule has 7 atom stereocenters. The number of rotatable bonds is 1. The third-order valence-electron chi connectivity index (χ3n) is 9.38. The Morgan fingerprint density at radius 3 is 2.44 bits per heavy atom. The van der Waals surface area contributed by atoms with Crippen molar-refractivity contribution in [3.63, 3.8) is 0 Å². The Balaban J connectivity index is 1.74. The smallest absolute Gasteiger partial charge is 0.136 e. The zero-order valence-electron chi connectivity index (χ0n) is 16.7. The average molecular weight is 341 g/mol. The molecule has 4 aliphatic carbocycles. The zero-order valence-corrected chi connectivity index (χ0v) is 16.7. The number of hydrogen-bond acceptors (Lipinski definition) is 1. The van der Waals surface area contributed by atoms with Gasteiger partial charge in [0.1, 0.15) is 5.78 Å². The van der Waals surface area contributed by atoms with Crippen LogP contribution in [-0.4, -0.2) is 5.78 Å². The predicted octanol–water partition coefficient (Wildman–Crippen LogP) is 6.20. The van der Waals surface area contributed by atoms with Crippen LogP contribution in [-0.2, 0) is 4.79 Å². The second-order valence-corrected chi connectivity index (χ2v) is 10.6. The van der Waals surface area contributed by atoms with E-state index in [0.717, 1.165) is 25.7 Å². The third kappa shape index (κ3) is 2.23. The fourth-order valence-corrected chi connectivity index (χ4v) is 7.83. The van der Waals surface area contributed by atoms with Gasteiger partial charge in [-0.25, -0.2) is 0 Å². The van der Waals surface area contributed by atoms with Crippen LogP contribution in [0.1, 0.15) is 72.6 Å². The van der Waals surface area contributed by atoms with Crippen molar-refractivity contribution in [3.8, 4) is 0 Å². The minimum atomic E-state index is 0.187. The first-order chi connectivity index (χ1) is 11.7. The van der Waals surface area contributed by atoms with E-state index in [1.807, 2.05) is 0 Å². The Labute approximate surface area is 154 Å². The molecule has 0 bridgehead atoms. The van der Waals surface area contributed by atoms with E-state index in [2.05, 4.69) is 40.9 Å². The summed E-state index contributed by atoms with van der Waals surface area (Å²) in [6, 6.07) is 0. The maximum atomic E-state index is 13.3. The van der Waals surface area contributed by atoms with Gasteiger partial charge in [-0.3, -0.25) is 4.79 Å². The van der Waals surface area contributed by atoms with Gasteiger partial charge in [-0.05, 0) is 78.9 Å². The van der Waals surface area contributed by atoms with Gasteiger partial charge >= 0.3 is 0 Å². The van der Waals surface area contributed by atoms with Gasteiger partial charge in [0, 0.05) is 12.3 Å². The molecule has 4 rings (SSSR count). The number of Topliss-reactive ketones (excluding diaryl/α,β-unsaturated/α-hetero) is 1. The van der Waals surface area contributed by atoms with E-state index in [1.54, 1.807) is 0 Å². The van der Waals surface area contributed by atoms with E-state index in [4.69, 9.17) is 0 Å². The summed E-state index contributed by atoms with van der Waals surface area (Å²) in [5.74, 6) is 3.87. The molecule has 0 aromatic rings. The van der Waals surface area contributed by atoms with Crippen molar-refractivity contribution in [2.24, 2.45) is 46.3 Å². The van der Waals surface area contributed by atoms with Gasteiger partial charge in [0.15, 0.2) is 0 Å². The van der Waals surface area contributed by atoms with Crippen LogP contribution in [0.15, 0.2) is 24.3 Å². The van der Waals surface area contributed by atoms with Crippen molar-refractivity contribution >= 4 is 5.78 Å². The predicted molar refractivity (Wildman–Crippen MR) is 104 cm³/mol. The maximum Gasteiger partial charge on any atom is 0.136 e. The highest BCUT2D eigenvalue weighted by Gasteiger charge is 2.63. The van der Waals surface area contributed by atoms with Gasteiger partial charge in [0.2, 0.25) is 0 Å². The van der Waals surface area contributed by atoms with Crippen molar-refractivity contribution in [1.29, 1.82) is 0 Å². The molecule has 0 aromatic heterocycles. The first kappa shape index (κ1) is 17.6. The molecule has 0 radical (unpaired) electrons. The van der Waals surface area contributed by atoms with Crippen molar-refractivity contribution < 1.29 is 4.79 Å². The second-order valence-electron chi connectivity index (χ2n) is 10.6. The molecule has 4 fully saturated rings. The van der Waals surface area contributed by atoms with Crippen molar-refractivity contribution in [2.45, 2.75) is 72.6 Å². The van der Waals surface area contributed by atoms with Gasteiger partial charge in [0.05, 0.1) is 0 Å². The SMILES string of the molecule is C=C1CC[C@]2(C)C(C1)CC(=O)C1C2CC(=C)[C@@]2(C)C(C(C)C)CCC12. The molecule has 0 N–H and O–H groups in total. The van der Waals surface area contributed by atoms with E-state index < -0.39 is 0 Å². The Bertz CT molecular complexity index is 628. The first-order valence-electron chi connectivity index (χ1n) is 10.6. The van der Waals surface area contributed by atoms with Crippen LogP contribution in [0.25, 0.3) is 0 Å². The van der Waals surface area contributed by atoms with Crippen LogP contribution in [0.2, 0.25) is 0 Å². The van der Waals surface area contributed by atoms with Crippen LogP contribution < -0.4 is 0 Å². The van der Waals surface area contributed by atoms with E-state index in [-0.39, 0.29) is 5.41 Å². The Morgan fingerprint density at radius 1 is 1.04 bits per heavy atom. The summed E-state index contributed by atoms with van der Waals surface area (Å²) in [7, 11) is 0. The fraction of sp³-hybridized carbons (Fsp3) is 0.792. The lowest BCUT2D eigenvalue weighted by atomic mass is 9.43. The lowest BCUT2D eigenvalue weighted by molar-refractivity contribution is -0.149. The molecule has 0 spiro atoms. The van der Waals surface area contributed by atoms with Crippen LogP contribution >= 0.6 is 0 Å². The van der Waals surface area contributed by atoms with Crippen LogP contribution in [0.4, 0.5) is 0 Å². The van der Waals surface area contributed by atoms with Crippen LogP contribution in [0.3, 0.4) is 0 Å². The molecule has 0 aromatic carbocycles. The van der Waals surface area contributed by atoms with Crippen LogP contribution in [0, 0.1) is 46.3 Å². The molecule has 138 valence electrons. The molecule has 0 saturated heterocycles. The minimum Gasteiger partial charge on any atom is -0.299 e. The van der Waals surface area contributed by atoms with Gasteiger partial charge in [0.25, 0.3) is 0 Å². The van der Waals surface area contributed by atoms with Crippen molar-refractivity contribution in [1.82, 2.24) is 0 Å². The quantitative estimate of drug-likeness (QED) is 0.519. The Morgan fingerprint density at radius 2 is 1.76 bits per heavy atom. The molecule has 4 aliphatic rings. The molecule has 4 saturated carbocycles. The normalized spacial score (nSPS) is 49.8. The zero-order chi connectivity index (χ0) is 18.1. The molecule has 0 heterocycles. The lowest BCUT2D eigenvalue weighted by Crippen LogP contribution is -2.57. The molecule has 5 unspecified atom stereocenters. The standard InChI is InChI=1S/C24H36O/c1-14(2)18-7-8-19-22-20(12-16(4)24(18,19)6)23(5)10-9-15(3)11-17(23)13-21(22)25/h14,17-20,22H,3-4,7-13H2,1-2,5-6H3/t17?,18?,19?,20?,22?,23-,24+/m1/s1. The monoisotopic (exact) mass is 340 g/mol. The Kier molecular flexibility index (Phi) is 3.91. The molecular formula is C24H36O. The van der Waals surface area contributed by atoms with E-state index in [1.165, 1.54) is 30.4 Å². The van der Waals surface area contributed by atoms with Gasteiger partial charge in [-0.15, -0.1) is 0 Å². The van der Waals surface area contributed by atoms with E-state index in [0.29, 0.717) is 46.7 Å². The third-order valence-corrected chi connectivity index (χ3v) is 9.38. The van der Waals surface area contributed by atoms with Gasteiger partial charge in [-0.1, -0.05) is 52.0 Å². The Hall–Kier alpha value is -0.850. The van der Waals surface area contributed by atoms with Gasteiger partial charge in [-0.2, -0.15) is 0 Å². The highest BCUT2D eigenvalue weighted by atomic mass is 16.1. The summed E-state index contributed by atoms with van der Waals surface area (Å²) in [4.78, 5) is 13.3. The van der Waals surface area contributed by atoms with E-state index in [9.17, 15) is 4.79 Å². The molecule has 1 nitrogen and oxygen atoms in total. The molecular weight excluding hydrogens is 304 g/mol. The number of hydrogen-bond donors (Lipinski definition) is 0. The summed E-state index contributed by atoms with van der Waals surface area (Å²) >= 11 is 0. The molecule has 25 heavy (non-hydrogen) atoms. The van der Waals surface area contributed by atoms with E-state index >= 15 is 0 Å². The van der Waals surface area contributed by atoms with Gasteiger partial charge < -0.3 is 0 Å². The summed E-state index contributed by atoms with van der Waals surface area (Å²) in [5, 5.41) is 0. The highest BCUT2D eigenvalue weighted by Crippen LogP contribution is 2.68. The fourth-order valence-electron chi connectivity index (χ4n) is 7.83. The summed E-state index contributed by atoms with van der Waals surface area (Å²) < 4.78 is 0. The second kappa shape index (κ2) is 5.57. The van der Waals surface area contributed by atoms with Crippen LogP contribution in [0.5, 0.6) is 0 Å². The molecule has 0 amide bonds. The summed E-state index contributed by atoms with van der Waals surface area (Å²) in [6.45, 7) is 18.6. The minimum absolute atomic E-state index is 0.187. The number of carbonyl (C=O) groups excluding carboxylic acids is 1. The number of allylic oxidation sites excluding steroid dienone is 2. The average Bonchev–Trinajstić information content (AvgIpc) is 2.89. The molecule has 1 heteroatoms. The van der Waals surface area contributed by atoms with Crippen molar-refractivity contribution in [2.75, 3.05) is 0 Å². The summed E-state index contributed by atoms with van der Waals surface area (Å²) in [5.41, 5.74) is 3.34. The first-order valence-corrected chi connectivity index (χ1v) is 10.6. The molecule has 0 aliphatic heterocycles. The number of ketones is 1.